The van der Waals surface area contributed by atoms with Gasteiger partial charge < -0.3 is 4.90 Å². The van der Waals surface area contributed by atoms with E-state index in [9.17, 15) is 4.79 Å². The van der Waals surface area contributed by atoms with Crippen molar-refractivity contribution < 1.29 is 4.79 Å². The van der Waals surface area contributed by atoms with Crippen molar-refractivity contribution in [2.45, 2.75) is 44.8 Å². The Bertz CT molecular complexity index is 501. The van der Waals surface area contributed by atoms with Crippen LogP contribution in [-0.4, -0.2) is 23.4 Å². The highest BCUT2D eigenvalue weighted by molar-refractivity contribution is 6.30. The van der Waals surface area contributed by atoms with E-state index in [1.54, 1.807) is 0 Å². The quantitative estimate of drug-likeness (QED) is 0.923. The predicted octanol–water partition coefficient (Wildman–Crippen LogP) is 3.35. The summed E-state index contributed by atoms with van der Waals surface area (Å²) in [4.78, 5) is 14.5. The summed E-state index contributed by atoms with van der Waals surface area (Å²) in [5.74, 6) is 0.919. The normalized spacial score (nSPS) is 26.9. The van der Waals surface area contributed by atoms with Gasteiger partial charge in [0.15, 0.2) is 0 Å². The molecule has 0 radical (unpaired) electrons. The van der Waals surface area contributed by atoms with Gasteiger partial charge in [0.2, 0.25) is 5.91 Å². The molecular weight excluding hydrogens is 272 g/mol. The standard InChI is InChI=1S/C16H21ClN2O/c1-2-14-16(20)19(10-11-5-3-6-11)15(18-14)12-7-4-8-13(17)9-12/h4,7-9,11,14-15,18H,2-3,5-6,10H2,1H3. The molecule has 0 spiro atoms. The predicted molar refractivity (Wildman–Crippen MR) is 80.5 cm³/mol. The highest BCUT2D eigenvalue weighted by Crippen LogP contribution is 2.33. The maximum absolute atomic E-state index is 12.5. The Morgan fingerprint density at radius 2 is 2.20 bits per heavy atom. The van der Waals surface area contributed by atoms with Crippen LogP contribution < -0.4 is 5.32 Å². The Kier molecular flexibility index (Phi) is 3.99. The minimum atomic E-state index is -0.0564. The number of hydrogen-bond donors (Lipinski definition) is 1. The molecule has 1 N–H and O–H groups in total. The van der Waals surface area contributed by atoms with Crippen LogP contribution in [0, 0.1) is 5.92 Å². The van der Waals surface area contributed by atoms with Crippen molar-refractivity contribution in [1.82, 2.24) is 10.2 Å². The van der Waals surface area contributed by atoms with Crippen LogP contribution in [0.2, 0.25) is 5.02 Å². The van der Waals surface area contributed by atoms with Crippen LogP contribution in [-0.2, 0) is 4.79 Å². The zero-order valence-corrected chi connectivity index (χ0v) is 12.6. The van der Waals surface area contributed by atoms with Crippen molar-refractivity contribution in [1.29, 1.82) is 0 Å². The second kappa shape index (κ2) is 5.74. The molecule has 0 bridgehead atoms. The van der Waals surface area contributed by atoms with E-state index >= 15 is 0 Å². The molecule has 3 nitrogen and oxygen atoms in total. The highest BCUT2D eigenvalue weighted by Gasteiger charge is 2.40. The van der Waals surface area contributed by atoms with Crippen LogP contribution in [0.1, 0.15) is 44.3 Å². The Morgan fingerprint density at radius 1 is 1.40 bits per heavy atom. The molecule has 3 rings (SSSR count). The monoisotopic (exact) mass is 292 g/mol. The fourth-order valence-electron chi connectivity index (χ4n) is 3.07. The molecule has 4 heteroatoms. The van der Waals surface area contributed by atoms with Gasteiger partial charge in [-0.3, -0.25) is 10.1 Å². The molecule has 108 valence electrons. The number of benzene rings is 1. The molecule has 1 saturated carbocycles. The number of hydrogen-bond acceptors (Lipinski definition) is 2. The zero-order chi connectivity index (χ0) is 14.1. The number of nitrogens with zero attached hydrogens (tertiary/aromatic N) is 1. The van der Waals surface area contributed by atoms with E-state index in [0.717, 1.165) is 23.6 Å². The number of halogens is 1. The fraction of sp³-hybridized carbons (Fsp3) is 0.562. The second-order valence-corrected chi connectivity index (χ2v) is 6.31. The van der Waals surface area contributed by atoms with E-state index in [2.05, 4.69) is 12.2 Å². The highest BCUT2D eigenvalue weighted by atomic mass is 35.5. The minimum absolute atomic E-state index is 0.0215. The summed E-state index contributed by atoms with van der Waals surface area (Å²) >= 11 is 6.09. The molecule has 2 unspecified atom stereocenters. The van der Waals surface area contributed by atoms with E-state index < -0.39 is 0 Å². The van der Waals surface area contributed by atoms with Gasteiger partial charge in [-0.2, -0.15) is 0 Å². The zero-order valence-electron chi connectivity index (χ0n) is 11.8. The third kappa shape index (κ3) is 2.57. The largest absolute Gasteiger partial charge is 0.321 e. The Labute approximate surface area is 125 Å². The number of carbonyl (C=O) groups excluding carboxylic acids is 1. The summed E-state index contributed by atoms with van der Waals surface area (Å²) in [7, 11) is 0. The maximum atomic E-state index is 12.5. The average molecular weight is 293 g/mol. The van der Waals surface area contributed by atoms with Gasteiger partial charge in [0.05, 0.1) is 6.04 Å². The molecule has 1 saturated heterocycles. The number of carbonyl (C=O) groups is 1. The molecule has 1 aliphatic heterocycles. The summed E-state index contributed by atoms with van der Waals surface area (Å²) in [6.45, 7) is 2.93. The summed E-state index contributed by atoms with van der Waals surface area (Å²) in [5.41, 5.74) is 1.08. The average Bonchev–Trinajstić information content (AvgIpc) is 2.70. The topological polar surface area (TPSA) is 32.3 Å². The molecule has 1 heterocycles. The molecule has 1 amide bonds. The second-order valence-electron chi connectivity index (χ2n) is 5.87. The molecule has 1 aliphatic carbocycles. The van der Waals surface area contributed by atoms with Gasteiger partial charge in [0.25, 0.3) is 0 Å². The lowest BCUT2D eigenvalue weighted by Crippen LogP contribution is -2.37. The van der Waals surface area contributed by atoms with Crippen LogP contribution >= 0.6 is 11.6 Å². The van der Waals surface area contributed by atoms with Crippen LogP contribution in [0.3, 0.4) is 0 Å². The smallest absolute Gasteiger partial charge is 0.241 e. The lowest BCUT2D eigenvalue weighted by molar-refractivity contribution is -0.131. The van der Waals surface area contributed by atoms with E-state index in [1.807, 2.05) is 29.2 Å². The summed E-state index contributed by atoms with van der Waals surface area (Å²) in [5, 5.41) is 4.18. The summed E-state index contributed by atoms with van der Waals surface area (Å²) in [6.07, 6.45) is 4.62. The van der Waals surface area contributed by atoms with Crippen molar-refractivity contribution in [2.75, 3.05) is 6.54 Å². The Hall–Kier alpha value is -1.06. The van der Waals surface area contributed by atoms with E-state index in [0.29, 0.717) is 5.92 Å². The van der Waals surface area contributed by atoms with Gasteiger partial charge in [-0.1, -0.05) is 37.1 Å². The number of amides is 1. The molecular formula is C16H21ClN2O. The molecule has 2 atom stereocenters. The molecule has 0 aromatic heterocycles. The van der Waals surface area contributed by atoms with Crippen molar-refractivity contribution in [3.63, 3.8) is 0 Å². The molecule has 2 aliphatic rings. The van der Waals surface area contributed by atoms with E-state index in [-0.39, 0.29) is 18.1 Å². The molecule has 20 heavy (non-hydrogen) atoms. The van der Waals surface area contributed by atoms with Crippen LogP contribution in [0.4, 0.5) is 0 Å². The van der Waals surface area contributed by atoms with Gasteiger partial charge >= 0.3 is 0 Å². The summed E-state index contributed by atoms with van der Waals surface area (Å²) < 4.78 is 0. The molecule has 1 aromatic rings. The third-order valence-electron chi connectivity index (χ3n) is 4.50. The lowest BCUT2D eigenvalue weighted by atomic mass is 9.85. The Balaban J connectivity index is 1.83. The van der Waals surface area contributed by atoms with Gasteiger partial charge in [-0.15, -0.1) is 0 Å². The van der Waals surface area contributed by atoms with Crippen LogP contribution in [0.25, 0.3) is 0 Å². The summed E-state index contributed by atoms with van der Waals surface area (Å²) in [6, 6.07) is 7.76. The van der Waals surface area contributed by atoms with Crippen molar-refractivity contribution in [3.05, 3.63) is 34.9 Å². The Morgan fingerprint density at radius 3 is 2.80 bits per heavy atom. The maximum Gasteiger partial charge on any atom is 0.241 e. The minimum Gasteiger partial charge on any atom is -0.321 e. The van der Waals surface area contributed by atoms with Crippen LogP contribution in [0.5, 0.6) is 0 Å². The lowest BCUT2D eigenvalue weighted by Gasteiger charge is -2.33. The van der Waals surface area contributed by atoms with Crippen molar-refractivity contribution in [3.8, 4) is 0 Å². The first-order valence-electron chi connectivity index (χ1n) is 7.51. The SMILES string of the molecule is CCC1NC(c2cccc(Cl)c2)N(CC2CCC2)C1=O. The number of nitrogens with one attached hydrogen (secondary N) is 1. The van der Waals surface area contributed by atoms with Gasteiger partial charge in [-0.05, 0) is 42.9 Å². The van der Waals surface area contributed by atoms with E-state index in [4.69, 9.17) is 11.6 Å². The van der Waals surface area contributed by atoms with Gasteiger partial charge in [-0.25, -0.2) is 0 Å². The first-order chi connectivity index (χ1) is 9.69. The third-order valence-corrected chi connectivity index (χ3v) is 4.74. The van der Waals surface area contributed by atoms with E-state index in [1.165, 1.54) is 19.3 Å². The number of rotatable bonds is 4. The van der Waals surface area contributed by atoms with Gasteiger partial charge in [0.1, 0.15) is 6.17 Å². The molecule has 2 fully saturated rings. The van der Waals surface area contributed by atoms with Crippen molar-refractivity contribution >= 4 is 17.5 Å². The fourth-order valence-corrected chi connectivity index (χ4v) is 3.27. The van der Waals surface area contributed by atoms with Crippen LogP contribution in [0.15, 0.2) is 24.3 Å². The van der Waals surface area contributed by atoms with Crippen molar-refractivity contribution in [2.24, 2.45) is 5.92 Å². The first kappa shape index (κ1) is 13.9. The first-order valence-corrected chi connectivity index (χ1v) is 7.89. The van der Waals surface area contributed by atoms with Gasteiger partial charge in [0, 0.05) is 11.6 Å². The molecule has 1 aromatic carbocycles.